The molecule has 5 heteroatoms. The van der Waals surface area contributed by atoms with E-state index in [9.17, 15) is 4.79 Å². The zero-order chi connectivity index (χ0) is 10.6. The Morgan fingerprint density at radius 2 is 2.00 bits per heavy atom. The molecule has 0 aliphatic rings. The Morgan fingerprint density at radius 3 is 2.50 bits per heavy atom. The van der Waals surface area contributed by atoms with Crippen LogP contribution >= 0.6 is 22.6 Å². The molecule has 0 aromatic heterocycles. The number of hydrogen-bond donors (Lipinski definition) is 2. The topological polar surface area (TPSA) is 78.3 Å². The van der Waals surface area contributed by atoms with Crippen LogP contribution in [0.3, 0.4) is 0 Å². The Labute approximate surface area is 95.7 Å². The van der Waals surface area contributed by atoms with Crippen molar-refractivity contribution in [1.82, 2.24) is 0 Å². The minimum absolute atomic E-state index is 0.437. The van der Waals surface area contributed by atoms with Crippen molar-refractivity contribution in [2.75, 3.05) is 0 Å². The second kappa shape index (κ2) is 5.28. The highest BCUT2D eigenvalue weighted by molar-refractivity contribution is 14.1. The monoisotopic (exact) mass is 306 g/mol. The van der Waals surface area contributed by atoms with Crippen molar-refractivity contribution in [2.45, 2.75) is 12.5 Å². The molecule has 0 spiro atoms. The zero-order valence-electron chi connectivity index (χ0n) is 7.44. The fourth-order valence-corrected chi connectivity index (χ4v) is 1.40. The van der Waals surface area contributed by atoms with Gasteiger partial charge in [0.25, 0.3) is 0 Å². The Kier molecular flexibility index (Phi) is 4.30. The molecule has 0 aliphatic carbocycles. The number of carbonyl (C=O) groups is 1. The molecule has 1 atom stereocenters. The van der Waals surface area contributed by atoms with Crippen molar-refractivity contribution in [3.63, 3.8) is 0 Å². The van der Waals surface area contributed by atoms with E-state index in [0.29, 0.717) is 6.42 Å². The highest BCUT2D eigenvalue weighted by atomic mass is 127. The third-order valence-corrected chi connectivity index (χ3v) is 2.51. The molecular formula is C9H11IN2O2. The van der Waals surface area contributed by atoms with E-state index in [4.69, 9.17) is 11.6 Å². The van der Waals surface area contributed by atoms with Gasteiger partial charge in [-0.3, -0.25) is 0 Å². The molecule has 0 fully saturated rings. The van der Waals surface area contributed by atoms with Crippen LogP contribution in [0.25, 0.3) is 0 Å². The van der Waals surface area contributed by atoms with Crippen LogP contribution in [-0.4, -0.2) is 12.0 Å². The van der Waals surface area contributed by atoms with E-state index in [1.54, 1.807) is 0 Å². The number of halogens is 1. The van der Waals surface area contributed by atoms with Crippen molar-refractivity contribution in [3.8, 4) is 0 Å². The molecule has 0 unspecified atom stereocenters. The van der Waals surface area contributed by atoms with E-state index in [0.717, 1.165) is 9.13 Å². The van der Waals surface area contributed by atoms with Crippen LogP contribution in [0.5, 0.6) is 0 Å². The van der Waals surface area contributed by atoms with Crippen LogP contribution in [0.15, 0.2) is 24.3 Å². The summed E-state index contributed by atoms with van der Waals surface area (Å²) in [6.45, 7) is 0. The number of nitrogens with two attached hydrogens (primary N) is 2. The molecular weight excluding hydrogens is 295 g/mol. The maximum atomic E-state index is 10.9. The highest BCUT2D eigenvalue weighted by Gasteiger charge is 2.14. The van der Waals surface area contributed by atoms with Crippen molar-refractivity contribution in [2.24, 2.45) is 11.6 Å². The van der Waals surface area contributed by atoms with Crippen LogP contribution in [0, 0.1) is 3.57 Å². The van der Waals surface area contributed by atoms with Crippen LogP contribution in [0.2, 0.25) is 0 Å². The van der Waals surface area contributed by atoms with Gasteiger partial charge in [-0.1, -0.05) is 12.1 Å². The quantitative estimate of drug-likeness (QED) is 0.632. The molecule has 1 rings (SSSR count). The molecule has 1 aromatic rings. The standard InChI is InChI=1S/C9H11IN2O2/c10-7-3-1-6(2-4-7)5-8(11)9(13)14-12/h1-4,8H,5,11-12H2/t8-/m0/s1. The van der Waals surface area contributed by atoms with E-state index in [1.165, 1.54) is 0 Å². The van der Waals surface area contributed by atoms with Gasteiger partial charge in [-0.05, 0) is 46.7 Å². The molecule has 4 nitrogen and oxygen atoms in total. The molecule has 0 saturated carbocycles. The summed E-state index contributed by atoms with van der Waals surface area (Å²) in [7, 11) is 0. The predicted octanol–water partition coefficient (Wildman–Crippen LogP) is 0.578. The first-order chi connectivity index (χ1) is 6.63. The average molecular weight is 306 g/mol. The first-order valence-corrected chi connectivity index (χ1v) is 5.12. The second-order valence-corrected chi connectivity index (χ2v) is 4.12. The van der Waals surface area contributed by atoms with Crippen molar-refractivity contribution >= 4 is 28.6 Å². The van der Waals surface area contributed by atoms with E-state index in [1.807, 2.05) is 24.3 Å². The lowest BCUT2D eigenvalue weighted by Gasteiger charge is -2.08. The van der Waals surface area contributed by atoms with Gasteiger partial charge >= 0.3 is 5.97 Å². The van der Waals surface area contributed by atoms with Crippen LogP contribution < -0.4 is 11.6 Å². The number of rotatable bonds is 3. The van der Waals surface area contributed by atoms with Gasteiger partial charge in [0.2, 0.25) is 0 Å². The molecule has 0 amide bonds. The second-order valence-electron chi connectivity index (χ2n) is 2.87. The molecule has 4 N–H and O–H groups in total. The predicted molar refractivity (Wildman–Crippen MR) is 61.1 cm³/mol. The smallest absolute Gasteiger partial charge is 0.341 e. The summed E-state index contributed by atoms with van der Waals surface area (Å²) < 4.78 is 1.14. The van der Waals surface area contributed by atoms with Crippen molar-refractivity contribution in [3.05, 3.63) is 33.4 Å². The third-order valence-electron chi connectivity index (χ3n) is 1.79. The summed E-state index contributed by atoms with van der Waals surface area (Å²) in [6.07, 6.45) is 0.437. The largest absolute Gasteiger partial charge is 0.372 e. The van der Waals surface area contributed by atoms with Crippen LogP contribution in [-0.2, 0) is 16.1 Å². The van der Waals surface area contributed by atoms with Crippen molar-refractivity contribution < 1.29 is 9.63 Å². The molecule has 0 bridgehead atoms. The van der Waals surface area contributed by atoms with E-state index in [-0.39, 0.29) is 0 Å². The first-order valence-electron chi connectivity index (χ1n) is 4.04. The fraction of sp³-hybridized carbons (Fsp3) is 0.222. The Hall–Kier alpha value is -0.660. The van der Waals surface area contributed by atoms with Gasteiger partial charge < -0.3 is 10.6 Å². The SMILES string of the molecule is NOC(=O)[C@@H](N)Cc1ccc(I)cc1. The lowest BCUT2D eigenvalue weighted by molar-refractivity contribution is -0.145. The number of benzene rings is 1. The third kappa shape index (κ3) is 3.24. The Bertz CT molecular complexity index is 313. The summed E-state index contributed by atoms with van der Waals surface area (Å²) in [5.74, 6) is 4.13. The summed E-state index contributed by atoms with van der Waals surface area (Å²) in [5, 5.41) is 0. The van der Waals surface area contributed by atoms with Gasteiger partial charge in [0.15, 0.2) is 0 Å². The van der Waals surface area contributed by atoms with Crippen LogP contribution in [0.4, 0.5) is 0 Å². The molecule has 0 radical (unpaired) electrons. The molecule has 14 heavy (non-hydrogen) atoms. The lowest BCUT2D eigenvalue weighted by Crippen LogP contribution is -2.35. The van der Waals surface area contributed by atoms with Gasteiger partial charge in [0, 0.05) is 3.57 Å². The maximum Gasteiger partial charge on any atom is 0.341 e. The average Bonchev–Trinajstić information content (AvgIpc) is 2.20. The summed E-state index contributed by atoms with van der Waals surface area (Å²) in [6, 6.07) is 7.06. The minimum atomic E-state index is -0.694. The van der Waals surface area contributed by atoms with Gasteiger partial charge in [0.1, 0.15) is 6.04 Å². The Balaban J connectivity index is 2.60. The van der Waals surface area contributed by atoms with Crippen LogP contribution in [0.1, 0.15) is 5.56 Å². The van der Waals surface area contributed by atoms with E-state index in [2.05, 4.69) is 27.4 Å². The number of hydrogen-bond acceptors (Lipinski definition) is 4. The molecule has 76 valence electrons. The Morgan fingerprint density at radius 1 is 1.43 bits per heavy atom. The summed E-state index contributed by atoms with van der Waals surface area (Å²) >= 11 is 2.21. The van der Waals surface area contributed by atoms with E-state index >= 15 is 0 Å². The molecule has 1 aromatic carbocycles. The highest BCUT2D eigenvalue weighted by Crippen LogP contribution is 2.08. The zero-order valence-corrected chi connectivity index (χ0v) is 9.60. The van der Waals surface area contributed by atoms with Gasteiger partial charge in [-0.2, -0.15) is 5.90 Å². The summed E-state index contributed by atoms with van der Waals surface area (Å²) in [5.41, 5.74) is 6.53. The summed E-state index contributed by atoms with van der Waals surface area (Å²) in [4.78, 5) is 15.0. The van der Waals surface area contributed by atoms with Crippen molar-refractivity contribution in [1.29, 1.82) is 0 Å². The van der Waals surface area contributed by atoms with E-state index < -0.39 is 12.0 Å². The lowest BCUT2D eigenvalue weighted by atomic mass is 10.1. The maximum absolute atomic E-state index is 10.9. The van der Waals surface area contributed by atoms with Gasteiger partial charge in [0.05, 0.1) is 0 Å². The van der Waals surface area contributed by atoms with Gasteiger partial charge in [-0.25, -0.2) is 4.79 Å². The normalized spacial score (nSPS) is 12.2. The molecule has 0 aliphatic heterocycles. The molecule has 0 saturated heterocycles. The number of carbonyl (C=O) groups excluding carboxylic acids is 1. The minimum Gasteiger partial charge on any atom is -0.372 e. The molecule has 0 heterocycles. The van der Waals surface area contributed by atoms with Gasteiger partial charge in [-0.15, -0.1) is 0 Å². The first kappa shape index (κ1) is 11.4. The fourth-order valence-electron chi connectivity index (χ4n) is 1.05.